The standard InChI is InChI=1S/C19H25N3O2/c1-3-14(12-23)20-19(24)18-16-6-4-5-7-17(16)22(21-18)15-10-8-13(2)9-11-15/h8-11,14,23H,3-7,12H2,1-2H3,(H,20,24). The van der Waals surface area contributed by atoms with Gasteiger partial charge in [0.15, 0.2) is 5.69 Å². The Balaban J connectivity index is 1.98. The van der Waals surface area contributed by atoms with Gasteiger partial charge >= 0.3 is 0 Å². The lowest BCUT2D eigenvalue weighted by molar-refractivity contribution is 0.0908. The van der Waals surface area contributed by atoms with Gasteiger partial charge < -0.3 is 10.4 Å². The Morgan fingerprint density at radius 2 is 2.00 bits per heavy atom. The van der Waals surface area contributed by atoms with E-state index in [1.165, 1.54) is 5.56 Å². The Morgan fingerprint density at radius 3 is 2.67 bits per heavy atom. The summed E-state index contributed by atoms with van der Waals surface area (Å²) in [6.45, 7) is 3.95. The zero-order valence-electron chi connectivity index (χ0n) is 14.4. The molecule has 5 heteroatoms. The molecule has 0 radical (unpaired) electrons. The topological polar surface area (TPSA) is 67.2 Å². The van der Waals surface area contributed by atoms with E-state index in [4.69, 9.17) is 0 Å². The van der Waals surface area contributed by atoms with Crippen molar-refractivity contribution in [2.75, 3.05) is 6.61 Å². The number of rotatable bonds is 5. The van der Waals surface area contributed by atoms with Gasteiger partial charge in [-0.1, -0.05) is 24.6 Å². The molecular formula is C19H25N3O2. The van der Waals surface area contributed by atoms with Crippen LogP contribution in [0.3, 0.4) is 0 Å². The number of aromatic nitrogens is 2. The molecular weight excluding hydrogens is 302 g/mol. The second kappa shape index (κ2) is 7.18. The molecule has 3 rings (SSSR count). The zero-order valence-corrected chi connectivity index (χ0v) is 14.4. The third-order valence-corrected chi connectivity index (χ3v) is 4.72. The first kappa shape index (κ1) is 16.7. The lowest BCUT2D eigenvalue weighted by atomic mass is 9.95. The van der Waals surface area contributed by atoms with Crippen LogP contribution in [0.5, 0.6) is 0 Å². The van der Waals surface area contributed by atoms with E-state index in [-0.39, 0.29) is 18.6 Å². The van der Waals surface area contributed by atoms with Crippen molar-refractivity contribution in [2.45, 2.75) is 52.0 Å². The average Bonchev–Trinajstić information content (AvgIpc) is 3.00. The molecule has 0 saturated heterocycles. The Bertz CT molecular complexity index is 715. The van der Waals surface area contributed by atoms with Crippen molar-refractivity contribution in [3.63, 3.8) is 0 Å². The maximum absolute atomic E-state index is 12.6. The van der Waals surface area contributed by atoms with Gasteiger partial charge in [-0.25, -0.2) is 4.68 Å². The van der Waals surface area contributed by atoms with Crippen LogP contribution in [0.2, 0.25) is 0 Å². The third-order valence-electron chi connectivity index (χ3n) is 4.72. The van der Waals surface area contributed by atoms with Crippen molar-refractivity contribution in [3.8, 4) is 5.69 Å². The fraction of sp³-hybridized carbons (Fsp3) is 0.474. The van der Waals surface area contributed by atoms with Crippen LogP contribution in [-0.4, -0.2) is 33.4 Å². The summed E-state index contributed by atoms with van der Waals surface area (Å²) in [5.41, 5.74) is 4.91. The normalized spacial score (nSPS) is 15.0. The highest BCUT2D eigenvalue weighted by Gasteiger charge is 2.26. The fourth-order valence-corrected chi connectivity index (χ4v) is 3.21. The van der Waals surface area contributed by atoms with Crippen LogP contribution in [0.15, 0.2) is 24.3 Å². The zero-order chi connectivity index (χ0) is 17.1. The minimum absolute atomic E-state index is 0.0525. The van der Waals surface area contributed by atoms with E-state index in [0.29, 0.717) is 12.1 Å². The molecule has 24 heavy (non-hydrogen) atoms. The molecule has 1 aromatic carbocycles. The average molecular weight is 327 g/mol. The Labute approximate surface area is 142 Å². The molecule has 0 bridgehead atoms. The summed E-state index contributed by atoms with van der Waals surface area (Å²) in [4.78, 5) is 12.6. The van der Waals surface area contributed by atoms with Gasteiger partial charge in [0.05, 0.1) is 18.3 Å². The highest BCUT2D eigenvalue weighted by atomic mass is 16.3. The van der Waals surface area contributed by atoms with E-state index < -0.39 is 0 Å². The van der Waals surface area contributed by atoms with E-state index in [1.807, 2.05) is 23.7 Å². The first-order valence-electron chi connectivity index (χ1n) is 8.73. The molecule has 1 atom stereocenters. The summed E-state index contributed by atoms with van der Waals surface area (Å²) < 4.78 is 1.92. The second-order valence-electron chi connectivity index (χ2n) is 6.49. The van der Waals surface area contributed by atoms with Crippen LogP contribution in [0.25, 0.3) is 5.69 Å². The summed E-state index contributed by atoms with van der Waals surface area (Å²) in [6, 6.07) is 7.99. The summed E-state index contributed by atoms with van der Waals surface area (Å²) in [7, 11) is 0. The maximum Gasteiger partial charge on any atom is 0.272 e. The quantitative estimate of drug-likeness (QED) is 0.887. The Hall–Kier alpha value is -2.14. The number of fused-ring (bicyclic) bond motifs is 1. The smallest absolute Gasteiger partial charge is 0.272 e. The highest BCUT2D eigenvalue weighted by Crippen LogP contribution is 2.27. The second-order valence-corrected chi connectivity index (χ2v) is 6.49. The molecule has 1 aromatic heterocycles. The number of hydrogen-bond donors (Lipinski definition) is 2. The molecule has 1 unspecified atom stereocenters. The number of aryl methyl sites for hydroxylation is 1. The van der Waals surface area contributed by atoms with Gasteiger partial charge in [0, 0.05) is 11.3 Å². The summed E-state index contributed by atoms with van der Waals surface area (Å²) >= 11 is 0. The minimum atomic E-state index is -0.221. The van der Waals surface area contributed by atoms with Crippen LogP contribution in [-0.2, 0) is 12.8 Å². The molecule has 5 nitrogen and oxygen atoms in total. The van der Waals surface area contributed by atoms with Gasteiger partial charge in [0.25, 0.3) is 5.91 Å². The minimum Gasteiger partial charge on any atom is -0.394 e. The molecule has 0 fully saturated rings. The van der Waals surface area contributed by atoms with Gasteiger partial charge in [-0.2, -0.15) is 5.10 Å². The lowest BCUT2D eigenvalue weighted by Crippen LogP contribution is -2.37. The highest BCUT2D eigenvalue weighted by molar-refractivity contribution is 5.94. The molecule has 2 aromatic rings. The fourth-order valence-electron chi connectivity index (χ4n) is 3.21. The SMILES string of the molecule is CCC(CO)NC(=O)c1nn(-c2ccc(C)cc2)c2c1CCCC2. The number of amides is 1. The molecule has 1 aliphatic carbocycles. The van der Waals surface area contributed by atoms with E-state index in [2.05, 4.69) is 29.5 Å². The first-order chi connectivity index (χ1) is 11.6. The van der Waals surface area contributed by atoms with E-state index >= 15 is 0 Å². The first-order valence-corrected chi connectivity index (χ1v) is 8.73. The van der Waals surface area contributed by atoms with Crippen molar-refractivity contribution < 1.29 is 9.90 Å². The third kappa shape index (κ3) is 3.22. The number of carbonyl (C=O) groups is 1. The summed E-state index contributed by atoms with van der Waals surface area (Å²) in [5.74, 6) is -0.181. The van der Waals surface area contributed by atoms with Crippen LogP contribution >= 0.6 is 0 Å². The molecule has 0 aliphatic heterocycles. The van der Waals surface area contributed by atoms with E-state index in [9.17, 15) is 9.90 Å². The number of aliphatic hydroxyl groups excluding tert-OH is 1. The molecule has 0 spiro atoms. The van der Waals surface area contributed by atoms with Crippen LogP contribution in [0.1, 0.15) is 53.5 Å². The number of nitrogens with zero attached hydrogens (tertiary/aromatic N) is 2. The van der Waals surface area contributed by atoms with Gasteiger partial charge in [-0.05, 0) is 51.2 Å². The van der Waals surface area contributed by atoms with Gasteiger partial charge in [0.2, 0.25) is 0 Å². The van der Waals surface area contributed by atoms with Crippen molar-refractivity contribution in [1.82, 2.24) is 15.1 Å². The van der Waals surface area contributed by atoms with Crippen LogP contribution < -0.4 is 5.32 Å². The number of nitrogens with one attached hydrogen (secondary N) is 1. The summed E-state index contributed by atoms with van der Waals surface area (Å²) in [6.07, 6.45) is 4.74. The van der Waals surface area contributed by atoms with E-state index in [1.54, 1.807) is 0 Å². The molecule has 1 amide bonds. The lowest BCUT2D eigenvalue weighted by Gasteiger charge is -2.15. The number of carbonyl (C=O) groups excluding carboxylic acids is 1. The van der Waals surface area contributed by atoms with Crippen molar-refractivity contribution >= 4 is 5.91 Å². The van der Waals surface area contributed by atoms with Crippen molar-refractivity contribution in [3.05, 3.63) is 46.8 Å². The predicted octanol–water partition coefficient (Wildman–Crippen LogP) is 2.56. The van der Waals surface area contributed by atoms with Crippen molar-refractivity contribution in [1.29, 1.82) is 0 Å². The molecule has 1 aliphatic rings. The molecule has 128 valence electrons. The predicted molar refractivity (Wildman–Crippen MR) is 93.6 cm³/mol. The molecule has 0 saturated carbocycles. The largest absolute Gasteiger partial charge is 0.394 e. The van der Waals surface area contributed by atoms with Crippen LogP contribution in [0, 0.1) is 6.92 Å². The van der Waals surface area contributed by atoms with Gasteiger partial charge in [-0.3, -0.25) is 4.79 Å². The number of aliphatic hydroxyl groups is 1. The van der Waals surface area contributed by atoms with Gasteiger partial charge in [0.1, 0.15) is 0 Å². The summed E-state index contributed by atoms with van der Waals surface area (Å²) in [5, 5.41) is 16.9. The van der Waals surface area contributed by atoms with Crippen LogP contribution in [0.4, 0.5) is 0 Å². The Kier molecular flexibility index (Phi) is 5.00. The molecule has 2 N–H and O–H groups in total. The maximum atomic E-state index is 12.6. The Morgan fingerprint density at radius 1 is 1.29 bits per heavy atom. The van der Waals surface area contributed by atoms with E-state index in [0.717, 1.165) is 42.6 Å². The van der Waals surface area contributed by atoms with Crippen molar-refractivity contribution in [2.24, 2.45) is 0 Å². The molecule has 1 heterocycles. The monoisotopic (exact) mass is 327 g/mol. The van der Waals surface area contributed by atoms with Gasteiger partial charge in [-0.15, -0.1) is 0 Å². The number of hydrogen-bond acceptors (Lipinski definition) is 3. The number of benzene rings is 1.